The molecule has 31 heavy (non-hydrogen) atoms. The largest absolute Gasteiger partial charge is 0.493 e. The van der Waals surface area contributed by atoms with Crippen molar-refractivity contribution >= 4 is 11.6 Å². The van der Waals surface area contributed by atoms with Crippen molar-refractivity contribution in [1.82, 2.24) is 14.9 Å². The number of hydrogen-bond donors (Lipinski definition) is 1. The molecule has 1 aliphatic heterocycles. The minimum absolute atomic E-state index is 0.597. The molecular weight excluding hydrogens is 384 g/mol. The molecule has 1 aliphatic carbocycles. The van der Waals surface area contributed by atoms with Crippen LogP contribution in [0.2, 0.25) is 0 Å². The van der Waals surface area contributed by atoms with Gasteiger partial charge in [-0.2, -0.15) is 0 Å². The Morgan fingerprint density at radius 3 is 2.90 bits per heavy atom. The van der Waals surface area contributed by atoms with Gasteiger partial charge in [-0.25, -0.2) is 9.97 Å². The van der Waals surface area contributed by atoms with Crippen molar-refractivity contribution in [1.29, 1.82) is 0 Å². The van der Waals surface area contributed by atoms with E-state index in [4.69, 9.17) is 9.72 Å². The fraction of sp³-hybridized carbons (Fsp3) is 0.308. The normalized spacial score (nSPS) is 18.2. The highest BCUT2D eigenvalue weighted by Crippen LogP contribution is 2.30. The summed E-state index contributed by atoms with van der Waals surface area (Å²) in [5.74, 6) is 2.32. The van der Waals surface area contributed by atoms with Gasteiger partial charge in [-0.15, -0.1) is 0 Å². The van der Waals surface area contributed by atoms with Gasteiger partial charge in [0, 0.05) is 37.1 Å². The van der Waals surface area contributed by atoms with Crippen LogP contribution in [0.15, 0.2) is 72.9 Å². The molecule has 1 fully saturated rings. The van der Waals surface area contributed by atoms with Crippen molar-refractivity contribution in [3.8, 4) is 17.0 Å². The quantitative estimate of drug-likeness (QED) is 0.568. The predicted octanol–water partition coefficient (Wildman–Crippen LogP) is 5.44. The van der Waals surface area contributed by atoms with Crippen LogP contribution in [0.4, 0.5) is 11.6 Å². The van der Waals surface area contributed by atoms with Crippen molar-refractivity contribution in [3.63, 3.8) is 0 Å². The van der Waals surface area contributed by atoms with E-state index in [0.29, 0.717) is 12.6 Å². The Bertz CT molecular complexity index is 1060. The smallest absolute Gasteiger partial charge is 0.227 e. The van der Waals surface area contributed by atoms with Crippen LogP contribution >= 0.6 is 0 Å². The average molecular weight is 413 g/mol. The number of ether oxygens (including phenoxy) is 1. The van der Waals surface area contributed by atoms with E-state index >= 15 is 0 Å². The van der Waals surface area contributed by atoms with Gasteiger partial charge in [0.15, 0.2) is 0 Å². The zero-order valence-corrected chi connectivity index (χ0v) is 17.7. The van der Waals surface area contributed by atoms with E-state index in [0.717, 1.165) is 54.7 Å². The molecule has 5 rings (SSSR count). The summed E-state index contributed by atoms with van der Waals surface area (Å²) in [4.78, 5) is 11.7. The Balaban J connectivity index is 1.44. The highest BCUT2D eigenvalue weighted by atomic mass is 16.5. The van der Waals surface area contributed by atoms with Crippen LogP contribution in [0.1, 0.15) is 24.8 Å². The number of nitrogens with one attached hydrogen (secondary N) is 1. The number of hydrogen-bond acceptors (Lipinski definition) is 5. The topological polar surface area (TPSA) is 50.3 Å². The van der Waals surface area contributed by atoms with Crippen LogP contribution in [0, 0.1) is 5.92 Å². The van der Waals surface area contributed by atoms with Crippen LogP contribution in [0.3, 0.4) is 0 Å². The first kappa shape index (κ1) is 19.8. The minimum atomic E-state index is 0.597. The number of benzene rings is 2. The van der Waals surface area contributed by atoms with Gasteiger partial charge >= 0.3 is 0 Å². The van der Waals surface area contributed by atoms with E-state index < -0.39 is 0 Å². The molecule has 0 spiro atoms. The second-order valence-corrected chi connectivity index (χ2v) is 8.36. The average Bonchev–Trinajstić information content (AvgIpc) is 3.60. The van der Waals surface area contributed by atoms with E-state index in [-0.39, 0.29) is 0 Å². The summed E-state index contributed by atoms with van der Waals surface area (Å²) in [5, 5.41) is 3.38. The van der Waals surface area contributed by atoms with Crippen molar-refractivity contribution < 1.29 is 4.74 Å². The lowest BCUT2D eigenvalue weighted by atomic mass is 10.1. The molecule has 2 aromatic carbocycles. The first-order chi connectivity index (χ1) is 15.3. The highest BCUT2D eigenvalue weighted by Gasteiger charge is 2.23. The zero-order valence-electron chi connectivity index (χ0n) is 17.7. The first-order valence-electron chi connectivity index (χ1n) is 11.1. The molecular formula is C26H28N4O. The third-order valence-electron chi connectivity index (χ3n) is 5.67. The number of rotatable bonds is 2. The third kappa shape index (κ3) is 5.50. The van der Waals surface area contributed by atoms with Gasteiger partial charge in [0.05, 0.1) is 12.3 Å². The second-order valence-electron chi connectivity index (χ2n) is 8.36. The molecule has 1 aromatic heterocycles. The summed E-state index contributed by atoms with van der Waals surface area (Å²) in [6.07, 6.45) is 9.94. The number of anilines is 2. The van der Waals surface area contributed by atoms with Crippen molar-refractivity contribution in [3.05, 3.63) is 78.5 Å². The van der Waals surface area contributed by atoms with Crippen LogP contribution in [0.25, 0.3) is 11.3 Å². The Morgan fingerprint density at radius 1 is 1.03 bits per heavy atom. The van der Waals surface area contributed by atoms with E-state index in [9.17, 15) is 0 Å². The molecule has 0 radical (unpaired) electrons. The maximum atomic E-state index is 5.97. The molecule has 6 bridgehead atoms. The van der Waals surface area contributed by atoms with Crippen molar-refractivity contribution in [2.24, 2.45) is 5.92 Å². The minimum Gasteiger partial charge on any atom is -0.493 e. The fourth-order valence-electron chi connectivity index (χ4n) is 3.92. The monoisotopic (exact) mass is 412 g/mol. The number of fused-ring (bicyclic) bond motifs is 7. The van der Waals surface area contributed by atoms with Crippen molar-refractivity contribution in [2.45, 2.75) is 25.8 Å². The molecule has 2 heterocycles. The Hall–Kier alpha value is -3.18. The van der Waals surface area contributed by atoms with Crippen LogP contribution in [0.5, 0.6) is 5.75 Å². The summed E-state index contributed by atoms with van der Waals surface area (Å²) in [5.41, 5.74) is 4.20. The summed E-state index contributed by atoms with van der Waals surface area (Å²) < 4.78 is 5.97. The molecule has 0 amide bonds. The summed E-state index contributed by atoms with van der Waals surface area (Å²) >= 11 is 0. The maximum absolute atomic E-state index is 5.97. The molecule has 2 aliphatic rings. The summed E-state index contributed by atoms with van der Waals surface area (Å²) in [6.45, 7) is 3.74. The van der Waals surface area contributed by atoms with Gasteiger partial charge in [-0.3, -0.25) is 4.90 Å². The summed E-state index contributed by atoms with van der Waals surface area (Å²) in [6, 6.07) is 18.6. The molecule has 5 nitrogen and oxygen atoms in total. The first-order valence-corrected chi connectivity index (χ1v) is 11.1. The van der Waals surface area contributed by atoms with E-state index in [1.807, 2.05) is 30.3 Å². The third-order valence-corrected chi connectivity index (χ3v) is 5.67. The standard InChI is InChI=1S/C26H28N4O/c1-2-14-30(18-20-10-11-20)19-21-6-4-8-23(16-21)28-26-27-13-12-25(29-26)22-7-5-9-24(17-22)31-15-3-1/h1-2,4-9,12-13,16-17,20H,3,10-11,14-15,18-19H2,(H,27,28,29)/b2-1-. The van der Waals surface area contributed by atoms with Gasteiger partial charge in [-0.1, -0.05) is 36.4 Å². The lowest BCUT2D eigenvalue weighted by Gasteiger charge is -2.21. The Morgan fingerprint density at radius 2 is 1.97 bits per heavy atom. The van der Waals surface area contributed by atoms with Crippen molar-refractivity contribution in [2.75, 3.05) is 25.0 Å². The Kier molecular flexibility index (Phi) is 5.94. The molecule has 1 saturated carbocycles. The Labute approximate surface area is 183 Å². The van der Waals surface area contributed by atoms with E-state index in [1.54, 1.807) is 6.20 Å². The molecule has 0 saturated heterocycles. The van der Waals surface area contributed by atoms with Crippen LogP contribution in [-0.2, 0) is 6.54 Å². The molecule has 5 heteroatoms. The lowest BCUT2D eigenvalue weighted by molar-refractivity contribution is 0.281. The number of aromatic nitrogens is 2. The molecule has 0 atom stereocenters. The molecule has 158 valence electrons. The van der Waals surface area contributed by atoms with Gasteiger partial charge < -0.3 is 10.1 Å². The maximum Gasteiger partial charge on any atom is 0.227 e. The van der Waals surface area contributed by atoms with Gasteiger partial charge in [0.2, 0.25) is 5.95 Å². The number of nitrogens with zero attached hydrogens (tertiary/aromatic N) is 3. The van der Waals surface area contributed by atoms with Gasteiger partial charge in [0.1, 0.15) is 5.75 Å². The van der Waals surface area contributed by atoms with Gasteiger partial charge in [-0.05, 0) is 61.1 Å². The van der Waals surface area contributed by atoms with E-state index in [1.165, 1.54) is 18.4 Å². The van der Waals surface area contributed by atoms with E-state index in [2.05, 4.69) is 51.6 Å². The molecule has 1 N–H and O–H groups in total. The SMILES string of the molecule is C1=C\CN(CC2CC2)Cc2cccc(c2)Nc2nccc(n2)-c2cccc(c2)OCC/1. The summed E-state index contributed by atoms with van der Waals surface area (Å²) in [7, 11) is 0. The predicted molar refractivity (Wildman–Crippen MR) is 124 cm³/mol. The zero-order chi connectivity index (χ0) is 20.9. The molecule has 3 aromatic rings. The highest BCUT2D eigenvalue weighted by molar-refractivity contribution is 5.63. The second kappa shape index (κ2) is 9.31. The fourth-order valence-corrected chi connectivity index (χ4v) is 3.92. The van der Waals surface area contributed by atoms with Crippen LogP contribution in [-0.4, -0.2) is 34.6 Å². The van der Waals surface area contributed by atoms with Crippen LogP contribution < -0.4 is 10.1 Å². The molecule has 0 unspecified atom stereocenters. The van der Waals surface area contributed by atoms with Gasteiger partial charge in [0.25, 0.3) is 0 Å². The lowest BCUT2D eigenvalue weighted by Crippen LogP contribution is -2.25.